The molecule has 1 aromatic carbocycles. The zero-order valence-electron chi connectivity index (χ0n) is 12.2. The lowest BCUT2D eigenvalue weighted by molar-refractivity contribution is -0.120. The molecule has 0 unspecified atom stereocenters. The summed E-state index contributed by atoms with van der Waals surface area (Å²) >= 11 is 0. The maximum atomic E-state index is 11.7. The fourth-order valence-corrected chi connectivity index (χ4v) is 1.20. The average Bonchev–Trinajstić information content (AvgIpc) is 2.30. The number of aliphatic imine (C=N–C) groups is 1. The quantitative estimate of drug-likeness (QED) is 0.646. The summed E-state index contributed by atoms with van der Waals surface area (Å²) in [5.41, 5.74) is 6.38. The molecule has 0 radical (unpaired) electrons. The van der Waals surface area contributed by atoms with E-state index in [9.17, 15) is 4.79 Å². The number of carbonyl (C=O) groups excluding carboxylic acids is 1. The molecule has 3 N–H and O–H groups in total. The first kappa shape index (κ1) is 15.2. The Balaban J connectivity index is 2.78. The van der Waals surface area contributed by atoms with Crippen LogP contribution in [0.1, 0.15) is 20.8 Å². The minimum absolute atomic E-state index is 0.215. The monoisotopic (exact) mass is 262 g/mol. The number of rotatable bonds is 3. The number of amidine groups is 1. The molecule has 1 amide bonds. The molecule has 1 rings (SSSR count). The number of nitrogens with one attached hydrogen (secondary N) is 1. The van der Waals surface area contributed by atoms with Crippen LogP contribution in [0.2, 0.25) is 0 Å². The van der Waals surface area contributed by atoms with Gasteiger partial charge < -0.3 is 16.0 Å². The molecule has 0 aliphatic carbocycles. The number of hydrogen-bond acceptors (Lipinski definition) is 3. The number of nitrogens with two attached hydrogens (primary N) is 1. The van der Waals surface area contributed by atoms with Crippen LogP contribution in [0.3, 0.4) is 0 Å². The zero-order valence-corrected chi connectivity index (χ0v) is 12.2. The third-order valence-corrected chi connectivity index (χ3v) is 2.65. The van der Waals surface area contributed by atoms with Gasteiger partial charge in [0.15, 0.2) is 0 Å². The van der Waals surface area contributed by atoms with Gasteiger partial charge in [-0.2, -0.15) is 0 Å². The van der Waals surface area contributed by atoms with Gasteiger partial charge in [0, 0.05) is 19.8 Å². The summed E-state index contributed by atoms with van der Waals surface area (Å²) in [5, 5.41) is 2.76. The van der Waals surface area contributed by atoms with Crippen LogP contribution in [0.5, 0.6) is 0 Å². The smallest absolute Gasteiger partial charge is 0.243 e. The Hall–Kier alpha value is -1.88. The minimum Gasteiger partial charge on any atom is -0.366 e. The summed E-state index contributed by atoms with van der Waals surface area (Å²) in [6.45, 7) is 5.27. The number of carbonyl (C=O) groups is 1. The van der Waals surface area contributed by atoms with E-state index in [4.69, 9.17) is 5.73 Å². The van der Waals surface area contributed by atoms with Crippen LogP contribution in [0, 0.1) is 0 Å². The Bertz CT molecular complexity index is 469. The third kappa shape index (κ3) is 4.71. The lowest BCUT2D eigenvalue weighted by atomic mass is 10.1. The third-order valence-electron chi connectivity index (χ3n) is 2.65. The molecule has 0 saturated heterocycles. The van der Waals surface area contributed by atoms with Gasteiger partial charge in [0.1, 0.15) is 5.84 Å². The Morgan fingerprint density at radius 1 is 1.26 bits per heavy atom. The minimum atomic E-state index is -0.891. The lowest BCUT2D eigenvalue weighted by Crippen LogP contribution is -2.45. The second-order valence-corrected chi connectivity index (χ2v) is 5.28. The second-order valence-electron chi connectivity index (χ2n) is 5.28. The van der Waals surface area contributed by atoms with E-state index in [2.05, 4.69) is 10.3 Å². The van der Waals surface area contributed by atoms with Crippen molar-refractivity contribution in [3.8, 4) is 0 Å². The summed E-state index contributed by atoms with van der Waals surface area (Å²) in [4.78, 5) is 18.1. The Labute approximate surface area is 114 Å². The highest BCUT2D eigenvalue weighted by Crippen LogP contribution is 2.17. The molecule has 0 atom stereocenters. The number of hydrogen-bond donors (Lipinski definition) is 2. The number of anilines is 1. The molecule has 0 heterocycles. The number of benzene rings is 1. The molecule has 1 aromatic rings. The SMILES string of the molecule is CC(=Nc1ccc(NC(=O)C(C)(C)N)cc1)N(C)C. The standard InChI is InChI=1S/C14H22N4O/c1-10(18(4)5)16-11-6-8-12(9-7-11)17-13(19)14(2,3)15/h6-9H,15H2,1-5H3,(H,17,19). The van der Waals surface area contributed by atoms with E-state index in [-0.39, 0.29) is 5.91 Å². The van der Waals surface area contributed by atoms with Gasteiger partial charge in [-0.15, -0.1) is 0 Å². The summed E-state index contributed by atoms with van der Waals surface area (Å²) in [7, 11) is 3.88. The lowest BCUT2D eigenvalue weighted by Gasteiger charge is -2.17. The molecule has 0 spiro atoms. The number of nitrogens with zero attached hydrogens (tertiary/aromatic N) is 2. The van der Waals surface area contributed by atoms with E-state index in [0.717, 1.165) is 11.5 Å². The van der Waals surface area contributed by atoms with Gasteiger partial charge in [0.2, 0.25) is 5.91 Å². The summed E-state index contributed by atoms with van der Waals surface area (Å²) in [5.74, 6) is 0.702. The van der Waals surface area contributed by atoms with Gasteiger partial charge in [-0.25, -0.2) is 4.99 Å². The Morgan fingerprint density at radius 3 is 2.21 bits per heavy atom. The van der Waals surface area contributed by atoms with Crippen LogP contribution < -0.4 is 11.1 Å². The van der Waals surface area contributed by atoms with Gasteiger partial charge in [-0.05, 0) is 45.0 Å². The average molecular weight is 262 g/mol. The van der Waals surface area contributed by atoms with Gasteiger partial charge in [0.25, 0.3) is 0 Å². The van der Waals surface area contributed by atoms with E-state index in [0.29, 0.717) is 5.69 Å². The van der Waals surface area contributed by atoms with Gasteiger partial charge in [0.05, 0.1) is 11.2 Å². The van der Waals surface area contributed by atoms with Crippen LogP contribution in [-0.2, 0) is 4.79 Å². The molecule has 0 aliphatic heterocycles. The van der Waals surface area contributed by atoms with Crippen LogP contribution in [0.25, 0.3) is 0 Å². The van der Waals surface area contributed by atoms with Crippen LogP contribution in [0.15, 0.2) is 29.3 Å². The molecule has 104 valence electrons. The maximum Gasteiger partial charge on any atom is 0.243 e. The van der Waals surface area contributed by atoms with E-state index in [1.54, 1.807) is 13.8 Å². The van der Waals surface area contributed by atoms with Crippen molar-refractivity contribution in [1.82, 2.24) is 4.90 Å². The highest BCUT2D eigenvalue weighted by Gasteiger charge is 2.21. The summed E-state index contributed by atoms with van der Waals surface area (Å²) < 4.78 is 0. The largest absolute Gasteiger partial charge is 0.366 e. The van der Waals surface area contributed by atoms with Gasteiger partial charge in [-0.3, -0.25) is 4.79 Å². The second kappa shape index (κ2) is 5.84. The zero-order chi connectivity index (χ0) is 14.6. The van der Waals surface area contributed by atoms with Crippen molar-refractivity contribution in [2.45, 2.75) is 26.3 Å². The van der Waals surface area contributed by atoms with Crippen molar-refractivity contribution in [2.75, 3.05) is 19.4 Å². The first-order chi connectivity index (χ1) is 8.70. The number of amides is 1. The topological polar surface area (TPSA) is 70.7 Å². The van der Waals surface area contributed by atoms with Crippen LogP contribution in [0.4, 0.5) is 11.4 Å². The molecule has 5 heteroatoms. The first-order valence-electron chi connectivity index (χ1n) is 6.13. The van der Waals surface area contributed by atoms with Crippen LogP contribution in [-0.4, -0.2) is 36.3 Å². The maximum absolute atomic E-state index is 11.7. The fraction of sp³-hybridized carbons (Fsp3) is 0.429. The highest BCUT2D eigenvalue weighted by molar-refractivity contribution is 5.97. The van der Waals surface area contributed by atoms with E-state index >= 15 is 0 Å². The van der Waals surface area contributed by atoms with Crippen molar-refractivity contribution in [1.29, 1.82) is 0 Å². The molecule has 5 nitrogen and oxygen atoms in total. The first-order valence-corrected chi connectivity index (χ1v) is 6.13. The molecule has 0 saturated carbocycles. The fourth-order valence-electron chi connectivity index (χ4n) is 1.20. The molecule has 0 bridgehead atoms. The summed E-state index contributed by atoms with van der Waals surface area (Å²) in [6, 6.07) is 7.33. The van der Waals surface area contributed by atoms with E-state index < -0.39 is 5.54 Å². The molecule has 0 aromatic heterocycles. The van der Waals surface area contributed by atoms with E-state index in [1.807, 2.05) is 50.2 Å². The molecule has 19 heavy (non-hydrogen) atoms. The molecule has 0 fully saturated rings. The predicted octanol–water partition coefficient (Wildman–Crippen LogP) is 1.97. The van der Waals surface area contributed by atoms with E-state index in [1.165, 1.54) is 0 Å². The molecular weight excluding hydrogens is 240 g/mol. The van der Waals surface area contributed by atoms with Crippen molar-refractivity contribution in [2.24, 2.45) is 10.7 Å². The normalized spacial score (nSPS) is 12.2. The molecular formula is C14H22N4O. The van der Waals surface area contributed by atoms with Gasteiger partial charge >= 0.3 is 0 Å². The van der Waals surface area contributed by atoms with Crippen molar-refractivity contribution in [3.05, 3.63) is 24.3 Å². The van der Waals surface area contributed by atoms with Gasteiger partial charge in [-0.1, -0.05) is 0 Å². The summed E-state index contributed by atoms with van der Waals surface area (Å²) in [6.07, 6.45) is 0. The molecule has 0 aliphatic rings. The van der Waals surface area contributed by atoms with Crippen LogP contribution >= 0.6 is 0 Å². The Kier molecular flexibility index (Phi) is 4.67. The Morgan fingerprint density at radius 2 is 1.79 bits per heavy atom. The van der Waals surface area contributed by atoms with Crippen molar-refractivity contribution < 1.29 is 4.79 Å². The van der Waals surface area contributed by atoms with Crippen molar-refractivity contribution >= 4 is 23.1 Å². The van der Waals surface area contributed by atoms with Crippen molar-refractivity contribution in [3.63, 3.8) is 0 Å². The predicted molar refractivity (Wildman–Crippen MR) is 79.8 cm³/mol. The highest BCUT2D eigenvalue weighted by atomic mass is 16.2.